The van der Waals surface area contributed by atoms with E-state index in [2.05, 4.69) is 24.5 Å². The van der Waals surface area contributed by atoms with Gasteiger partial charge < -0.3 is 4.42 Å². The summed E-state index contributed by atoms with van der Waals surface area (Å²) >= 11 is 0. The third kappa shape index (κ3) is 4.09. The van der Waals surface area contributed by atoms with E-state index < -0.39 is 0 Å². The Morgan fingerprint density at radius 2 is 1.85 bits per heavy atom. The number of furan rings is 1. The van der Waals surface area contributed by atoms with Gasteiger partial charge in [0.15, 0.2) is 0 Å². The number of hydrazine groups is 1. The number of benzene rings is 1. The SMILES string of the molecule is CCCCCCCCC(NN)c1cc2ccccc2o1. The van der Waals surface area contributed by atoms with Gasteiger partial charge in [-0.05, 0) is 18.6 Å². The zero-order valence-corrected chi connectivity index (χ0v) is 12.4. The lowest BCUT2D eigenvalue weighted by Gasteiger charge is -2.12. The molecule has 3 heteroatoms. The van der Waals surface area contributed by atoms with Crippen LogP contribution in [-0.4, -0.2) is 0 Å². The van der Waals surface area contributed by atoms with Crippen LogP contribution in [0.15, 0.2) is 34.7 Å². The topological polar surface area (TPSA) is 51.2 Å². The lowest BCUT2D eigenvalue weighted by Crippen LogP contribution is -2.27. The summed E-state index contributed by atoms with van der Waals surface area (Å²) in [6.07, 6.45) is 8.82. The molecular weight excluding hydrogens is 248 g/mol. The first-order chi connectivity index (χ1) is 9.85. The molecule has 2 aromatic rings. The molecule has 3 N–H and O–H groups in total. The summed E-state index contributed by atoms with van der Waals surface area (Å²) in [5.41, 5.74) is 3.82. The molecule has 110 valence electrons. The number of fused-ring (bicyclic) bond motifs is 1. The van der Waals surface area contributed by atoms with Gasteiger partial charge in [0.2, 0.25) is 0 Å². The highest BCUT2D eigenvalue weighted by Crippen LogP contribution is 2.26. The highest BCUT2D eigenvalue weighted by atomic mass is 16.3. The van der Waals surface area contributed by atoms with Crippen LogP contribution in [0.2, 0.25) is 0 Å². The van der Waals surface area contributed by atoms with Gasteiger partial charge in [-0.1, -0.05) is 63.6 Å². The van der Waals surface area contributed by atoms with E-state index in [1.807, 2.05) is 18.2 Å². The van der Waals surface area contributed by atoms with E-state index in [-0.39, 0.29) is 6.04 Å². The molecule has 3 nitrogen and oxygen atoms in total. The maximum Gasteiger partial charge on any atom is 0.134 e. The van der Waals surface area contributed by atoms with Gasteiger partial charge in [0.05, 0.1) is 6.04 Å². The molecule has 1 heterocycles. The fraction of sp³-hybridized carbons (Fsp3) is 0.529. The van der Waals surface area contributed by atoms with E-state index in [9.17, 15) is 0 Å². The summed E-state index contributed by atoms with van der Waals surface area (Å²) in [6, 6.07) is 10.3. The largest absolute Gasteiger partial charge is 0.459 e. The Kier molecular flexibility index (Phi) is 6.09. The number of para-hydroxylation sites is 1. The third-order valence-electron chi connectivity index (χ3n) is 3.84. The molecule has 1 atom stereocenters. The van der Waals surface area contributed by atoms with Crippen LogP contribution in [0.5, 0.6) is 0 Å². The number of nitrogens with one attached hydrogen (secondary N) is 1. The summed E-state index contributed by atoms with van der Waals surface area (Å²) in [7, 11) is 0. The zero-order valence-electron chi connectivity index (χ0n) is 12.4. The monoisotopic (exact) mass is 274 g/mol. The van der Waals surface area contributed by atoms with Crippen molar-refractivity contribution in [2.75, 3.05) is 0 Å². The molecule has 0 saturated heterocycles. The van der Waals surface area contributed by atoms with Gasteiger partial charge in [-0.2, -0.15) is 0 Å². The van der Waals surface area contributed by atoms with Gasteiger partial charge in [-0.25, -0.2) is 5.43 Å². The lowest BCUT2D eigenvalue weighted by atomic mass is 10.0. The smallest absolute Gasteiger partial charge is 0.134 e. The predicted octanol–water partition coefficient (Wildman–Crippen LogP) is 4.69. The lowest BCUT2D eigenvalue weighted by molar-refractivity contribution is 0.402. The summed E-state index contributed by atoms with van der Waals surface area (Å²) in [4.78, 5) is 0. The second-order valence-corrected chi connectivity index (χ2v) is 5.46. The number of rotatable bonds is 9. The quantitative estimate of drug-likeness (QED) is 0.396. The van der Waals surface area contributed by atoms with Crippen molar-refractivity contribution < 1.29 is 4.42 Å². The molecule has 0 saturated carbocycles. The summed E-state index contributed by atoms with van der Waals surface area (Å²) < 4.78 is 5.87. The Morgan fingerprint density at radius 1 is 1.10 bits per heavy atom. The van der Waals surface area contributed by atoms with Crippen molar-refractivity contribution in [1.82, 2.24) is 5.43 Å². The highest BCUT2D eigenvalue weighted by Gasteiger charge is 2.14. The van der Waals surface area contributed by atoms with Crippen molar-refractivity contribution in [3.63, 3.8) is 0 Å². The van der Waals surface area contributed by atoms with E-state index in [0.29, 0.717) is 0 Å². The fourth-order valence-corrected chi connectivity index (χ4v) is 2.61. The molecule has 0 radical (unpaired) electrons. The van der Waals surface area contributed by atoms with E-state index in [1.165, 1.54) is 38.5 Å². The van der Waals surface area contributed by atoms with Gasteiger partial charge in [-0.3, -0.25) is 5.84 Å². The molecular formula is C17H26N2O. The van der Waals surface area contributed by atoms with Crippen LogP contribution in [-0.2, 0) is 0 Å². The fourth-order valence-electron chi connectivity index (χ4n) is 2.61. The second kappa shape index (κ2) is 8.08. The molecule has 0 spiro atoms. The number of hydrogen-bond donors (Lipinski definition) is 2. The Bertz CT molecular complexity index is 473. The summed E-state index contributed by atoms with van der Waals surface area (Å²) in [6.45, 7) is 2.25. The van der Waals surface area contributed by atoms with Gasteiger partial charge in [0.25, 0.3) is 0 Å². The molecule has 0 aliphatic rings. The Balaban J connectivity index is 1.84. The Morgan fingerprint density at radius 3 is 2.60 bits per heavy atom. The van der Waals surface area contributed by atoms with Crippen LogP contribution in [0.25, 0.3) is 11.0 Å². The van der Waals surface area contributed by atoms with Crippen molar-refractivity contribution in [3.05, 3.63) is 36.1 Å². The second-order valence-electron chi connectivity index (χ2n) is 5.46. The van der Waals surface area contributed by atoms with Crippen molar-refractivity contribution in [2.45, 2.75) is 57.9 Å². The molecule has 1 aromatic heterocycles. The van der Waals surface area contributed by atoms with Crippen LogP contribution in [0.4, 0.5) is 0 Å². The number of nitrogens with two attached hydrogens (primary N) is 1. The van der Waals surface area contributed by atoms with Crippen LogP contribution >= 0.6 is 0 Å². The standard InChI is InChI=1S/C17H26N2O/c1-2-3-4-5-6-7-11-15(19-18)17-13-14-10-8-9-12-16(14)20-17/h8-10,12-13,15,19H,2-7,11,18H2,1H3. The maximum atomic E-state index is 5.87. The number of hydrogen-bond acceptors (Lipinski definition) is 3. The molecule has 0 bridgehead atoms. The molecule has 0 aliphatic heterocycles. The first-order valence-corrected chi connectivity index (χ1v) is 7.79. The van der Waals surface area contributed by atoms with Crippen LogP contribution in [0.3, 0.4) is 0 Å². The molecule has 1 unspecified atom stereocenters. The van der Waals surface area contributed by atoms with Crippen LogP contribution in [0, 0.1) is 0 Å². The van der Waals surface area contributed by atoms with E-state index in [1.54, 1.807) is 0 Å². The molecule has 20 heavy (non-hydrogen) atoms. The van der Waals surface area contributed by atoms with Crippen molar-refractivity contribution in [3.8, 4) is 0 Å². The normalized spacial score (nSPS) is 12.9. The van der Waals surface area contributed by atoms with E-state index in [0.717, 1.165) is 23.2 Å². The Labute approximate surface area is 121 Å². The molecule has 2 rings (SSSR count). The van der Waals surface area contributed by atoms with Crippen molar-refractivity contribution >= 4 is 11.0 Å². The zero-order chi connectivity index (χ0) is 14.2. The van der Waals surface area contributed by atoms with Crippen molar-refractivity contribution in [2.24, 2.45) is 5.84 Å². The van der Waals surface area contributed by atoms with Gasteiger partial charge in [-0.15, -0.1) is 0 Å². The molecule has 0 amide bonds. The maximum absolute atomic E-state index is 5.87. The summed E-state index contributed by atoms with van der Waals surface area (Å²) in [5, 5.41) is 1.14. The molecule has 0 fully saturated rings. The molecule has 1 aromatic carbocycles. The average molecular weight is 274 g/mol. The van der Waals surface area contributed by atoms with E-state index in [4.69, 9.17) is 10.3 Å². The summed E-state index contributed by atoms with van der Waals surface area (Å²) in [5.74, 6) is 6.63. The van der Waals surface area contributed by atoms with Crippen molar-refractivity contribution in [1.29, 1.82) is 0 Å². The minimum Gasteiger partial charge on any atom is -0.459 e. The Hall–Kier alpha value is -1.32. The first kappa shape index (κ1) is 15.1. The van der Waals surface area contributed by atoms with E-state index >= 15 is 0 Å². The predicted molar refractivity (Wildman–Crippen MR) is 84.3 cm³/mol. The first-order valence-electron chi connectivity index (χ1n) is 7.79. The van der Waals surface area contributed by atoms with Crippen LogP contribution < -0.4 is 11.3 Å². The van der Waals surface area contributed by atoms with Gasteiger partial charge in [0.1, 0.15) is 11.3 Å². The number of unbranched alkanes of at least 4 members (excludes halogenated alkanes) is 5. The highest BCUT2D eigenvalue weighted by molar-refractivity contribution is 5.77. The minimum atomic E-state index is 0.119. The van der Waals surface area contributed by atoms with Gasteiger partial charge >= 0.3 is 0 Å². The third-order valence-corrected chi connectivity index (χ3v) is 3.84. The minimum absolute atomic E-state index is 0.119. The van der Waals surface area contributed by atoms with Gasteiger partial charge in [0, 0.05) is 5.39 Å². The van der Waals surface area contributed by atoms with Crippen LogP contribution in [0.1, 0.15) is 63.7 Å². The average Bonchev–Trinajstić information content (AvgIpc) is 2.90. The molecule has 0 aliphatic carbocycles.